The van der Waals surface area contributed by atoms with Gasteiger partial charge in [0.15, 0.2) is 5.65 Å². The summed E-state index contributed by atoms with van der Waals surface area (Å²) < 4.78 is 7.08. The molecule has 2 N–H and O–H groups in total. The van der Waals surface area contributed by atoms with E-state index in [9.17, 15) is 5.11 Å². The minimum atomic E-state index is -0.149. The van der Waals surface area contributed by atoms with E-state index < -0.39 is 0 Å². The van der Waals surface area contributed by atoms with Gasteiger partial charge < -0.3 is 15.2 Å². The number of rotatable bonds is 4. The number of hydrogen-bond donors (Lipinski definition) is 2. The molecule has 1 saturated carbocycles. The lowest BCUT2D eigenvalue weighted by atomic mass is 9.93. The molecule has 0 aliphatic heterocycles. The van der Waals surface area contributed by atoms with Crippen molar-refractivity contribution in [2.24, 2.45) is 0 Å². The van der Waals surface area contributed by atoms with Crippen molar-refractivity contribution >= 4 is 11.5 Å². The van der Waals surface area contributed by atoms with E-state index in [0.29, 0.717) is 6.04 Å². The van der Waals surface area contributed by atoms with Crippen LogP contribution in [0.2, 0.25) is 0 Å². The number of imidazole rings is 1. The predicted octanol–water partition coefficient (Wildman–Crippen LogP) is 3.12. The van der Waals surface area contributed by atoms with Crippen LogP contribution in [0.1, 0.15) is 25.7 Å². The SMILES string of the molecule is COc1ccc(-c2cnc3ccc(N[C@H]4CC[C@H](O)CC4)nn23)cc1. The topological polar surface area (TPSA) is 71.7 Å². The Bertz CT molecular complexity index is 851. The normalized spacial score (nSPS) is 20.6. The van der Waals surface area contributed by atoms with Crippen LogP contribution >= 0.6 is 0 Å². The molecule has 3 aromatic rings. The summed E-state index contributed by atoms with van der Waals surface area (Å²) in [7, 11) is 1.66. The summed E-state index contributed by atoms with van der Waals surface area (Å²) in [6, 6.07) is 12.2. The predicted molar refractivity (Wildman–Crippen MR) is 96.9 cm³/mol. The van der Waals surface area contributed by atoms with Crippen molar-refractivity contribution in [2.45, 2.75) is 37.8 Å². The second kappa shape index (κ2) is 6.72. The van der Waals surface area contributed by atoms with E-state index >= 15 is 0 Å². The van der Waals surface area contributed by atoms with Crippen molar-refractivity contribution in [3.05, 3.63) is 42.6 Å². The van der Waals surface area contributed by atoms with Gasteiger partial charge in [-0.05, 0) is 62.1 Å². The zero-order chi connectivity index (χ0) is 17.2. The highest BCUT2D eigenvalue weighted by Gasteiger charge is 2.19. The van der Waals surface area contributed by atoms with Crippen LogP contribution in [0, 0.1) is 0 Å². The molecule has 0 unspecified atom stereocenters. The Kier molecular flexibility index (Phi) is 4.28. The fourth-order valence-corrected chi connectivity index (χ4v) is 3.34. The van der Waals surface area contributed by atoms with Gasteiger partial charge in [-0.15, -0.1) is 5.10 Å². The second-order valence-corrected chi connectivity index (χ2v) is 6.51. The minimum Gasteiger partial charge on any atom is -0.497 e. The Balaban J connectivity index is 1.60. The largest absolute Gasteiger partial charge is 0.497 e. The van der Waals surface area contributed by atoms with Crippen molar-refractivity contribution in [1.82, 2.24) is 14.6 Å². The van der Waals surface area contributed by atoms with E-state index in [1.165, 1.54) is 0 Å². The summed E-state index contributed by atoms with van der Waals surface area (Å²) in [5.74, 6) is 1.66. The third-order valence-electron chi connectivity index (χ3n) is 4.80. The van der Waals surface area contributed by atoms with E-state index in [-0.39, 0.29) is 6.10 Å². The van der Waals surface area contributed by atoms with Gasteiger partial charge in [-0.3, -0.25) is 0 Å². The monoisotopic (exact) mass is 338 g/mol. The molecule has 0 bridgehead atoms. The number of ether oxygens (including phenoxy) is 1. The van der Waals surface area contributed by atoms with E-state index in [0.717, 1.165) is 54.2 Å². The van der Waals surface area contributed by atoms with Gasteiger partial charge in [0.25, 0.3) is 0 Å². The smallest absolute Gasteiger partial charge is 0.154 e. The number of nitrogens with zero attached hydrogens (tertiary/aromatic N) is 3. The Labute approximate surface area is 146 Å². The van der Waals surface area contributed by atoms with Crippen LogP contribution in [-0.2, 0) is 0 Å². The number of anilines is 1. The molecular formula is C19H22N4O2. The quantitative estimate of drug-likeness (QED) is 0.765. The Morgan fingerprint density at radius 3 is 2.56 bits per heavy atom. The first-order valence-corrected chi connectivity index (χ1v) is 8.67. The average Bonchev–Trinajstić information content (AvgIpc) is 3.07. The van der Waals surface area contributed by atoms with E-state index in [1.807, 2.05) is 47.1 Å². The molecule has 1 fully saturated rings. The zero-order valence-corrected chi connectivity index (χ0v) is 14.2. The van der Waals surface area contributed by atoms with Gasteiger partial charge in [0.2, 0.25) is 0 Å². The van der Waals surface area contributed by atoms with Crippen molar-refractivity contribution < 1.29 is 9.84 Å². The summed E-state index contributed by atoms with van der Waals surface area (Å²) in [6.07, 6.45) is 5.32. The number of hydrogen-bond acceptors (Lipinski definition) is 5. The number of aliphatic hydroxyl groups excluding tert-OH is 1. The van der Waals surface area contributed by atoms with Crippen molar-refractivity contribution in [2.75, 3.05) is 12.4 Å². The Morgan fingerprint density at radius 2 is 1.84 bits per heavy atom. The maximum absolute atomic E-state index is 9.64. The first-order valence-electron chi connectivity index (χ1n) is 8.67. The molecule has 1 aliphatic rings. The highest BCUT2D eigenvalue weighted by atomic mass is 16.5. The summed E-state index contributed by atoms with van der Waals surface area (Å²) in [6.45, 7) is 0. The first kappa shape index (κ1) is 15.9. The molecule has 130 valence electrons. The molecule has 1 aromatic carbocycles. The van der Waals surface area contributed by atoms with Crippen LogP contribution in [-0.4, -0.2) is 39.0 Å². The third kappa shape index (κ3) is 3.30. The second-order valence-electron chi connectivity index (χ2n) is 6.51. The number of fused-ring (bicyclic) bond motifs is 1. The molecule has 1 aliphatic carbocycles. The summed E-state index contributed by atoms with van der Waals surface area (Å²) >= 11 is 0. The number of methoxy groups -OCH3 is 1. The van der Waals surface area contributed by atoms with E-state index in [2.05, 4.69) is 10.3 Å². The molecule has 0 spiro atoms. The molecule has 2 aromatic heterocycles. The maximum Gasteiger partial charge on any atom is 0.154 e. The molecule has 0 saturated heterocycles. The number of nitrogens with one attached hydrogen (secondary N) is 1. The van der Waals surface area contributed by atoms with Crippen molar-refractivity contribution in [1.29, 1.82) is 0 Å². The Morgan fingerprint density at radius 1 is 1.08 bits per heavy atom. The zero-order valence-electron chi connectivity index (χ0n) is 14.2. The molecule has 0 atom stereocenters. The fourth-order valence-electron chi connectivity index (χ4n) is 3.34. The number of aromatic nitrogens is 3. The summed E-state index contributed by atoms with van der Waals surface area (Å²) in [5, 5.41) is 17.8. The first-order chi connectivity index (χ1) is 12.2. The van der Waals surface area contributed by atoms with Gasteiger partial charge >= 0.3 is 0 Å². The molecule has 6 nitrogen and oxygen atoms in total. The van der Waals surface area contributed by atoms with Crippen molar-refractivity contribution in [3.8, 4) is 17.0 Å². The molecule has 2 heterocycles. The van der Waals surface area contributed by atoms with Gasteiger partial charge in [-0.2, -0.15) is 0 Å². The van der Waals surface area contributed by atoms with Gasteiger partial charge in [0, 0.05) is 11.6 Å². The van der Waals surface area contributed by atoms with Crippen molar-refractivity contribution in [3.63, 3.8) is 0 Å². The molecule has 6 heteroatoms. The Hall–Kier alpha value is -2.60. The third-order valence-corrected chi connectivity index (χ3v) is 4.80. The molecule has 0 radical (unpaired) electrons. The maximum atomic E-state index is 9.64. The van der Waals surface area contributed by atoms with Crippen LogP contribution in [0.5, 0.6) is 5.75 Å². The summed E-state index contributed by atoms with van der Waals surface area (Å²) in [5.41, 5.74) is 2.80. The molecule has 25 heavy (non-hydrogen) atoms. The van der Waals surface area contributed by atoms with Crippen LogP contribution in [0.3, 0.4) is 0 Å². The average molecular weight is 338 g/mol. The van der Waals surface area contributed by atoms with Crippen LogP contribution < -0.4 is 10.1 Å². The van der Waals surface area contributed by atoms with Gasteiger partial charge in [-0.25, -0.2) is 9.50 Å². The van der Waals surface area contributed by atoms with Crippen LogP contribution in [0.4, 0.5) is 5.82 Å². The van der Waals surface area contributed by atoms with Gasteiger partial charge in [0.1, 0.15) is 11.6 Å². The fraction of sp³-hybridized carbons (Fsp3) is 0.368. The van der Waals surface area contributed by atoms with Crippen LogP contribution in [0.25, 0.3) is 16.9 Å². The highest BCUT2D eigenvalue weighted by molar-refractivity contribution is 5.64. The number of aliphatic hydroxyl groups is 1. The molecule has 0 amide bonds. The highest BCUT2D eigenvalue weighted by Crippen LogP contribution is 2.25. The molecular weight excluding hydrogens is 316 g/mol. The summed E-state index contributed by atoms with van der Waals surface area (Å²) in [4.78, 5) is 4.44. The lowest BCUT2D eigenvalue weighted by Crippen LogP contribution is -2.28. The number of benzene rings is 1. The standard InChI is InChI=1S/C19H22N4O2/c1-25-16-8-2-13(3-9-16)17-12-20-19-11-10-18(22-23(17)19)21-14-4-6-15(24)7-5-14/h2-3,8-12,14-15,24H,4-7H2,1H3,(H,21,22)/t14-,15-. The van der Waals surface area contributed by atoms with E-state index in [4.69, 9.17) is 9.84 Å². The van der Waals surface area contributed by atoms with Gasteiger partial charge in [0.05, 0.1) is 25.1 Å². The lowest BCUT2D eigenvalue weighted by molar-refractivity contribution is 0.126. The van der Waals surface area contributed by atoms with Gasteiger partial charge in [-0.1, -0.05) is 0 Å². The molecule has 4 rings (SSSR count). The van der Waals surface area contributed by atoms with E-state index in [1.54, 1.807) is 7.11 Å². The minimum absolute atomic E-state index is 0.149. The van der Waals surface area contributed by atoms with Crippen LogP contribution in [0.15, 0.2) is 42.6 Å². The lowest BCUT2D eigenvalue weighted by Gasteiger charge is -2.26.